The Hall–Kier alpha value is -1.76. The predicted molar refractivity (Wildman–Crippen MR) is 77.8 cm³/mol. The summed E-state index contributed by atoms with van der Waals surface area (Å²) in [5.74, 6) is 0. The third-order valence-electron chi connectivity index (χ3n) is 2.60. The number of carbonyl (C=O) groups excluding carboxylic acids is 1. The molecular weight excluding hydrogens is 266 g/mol. The summed E-state index contributed by atoms with van der Waals surface area (Å²) in [7, 11) is 0. The van der Waals surface area contributed by atoms with Gasteiger partial charge in [-0.1, -0.05) is 6.92 Å². The highest BCUT2D eigenvalue weighted by Gasteiger charge is 2.11. The molecule has 1 atom stereocenters. The van der Waals surface area contributed by atoms with Gasteiger partial charge < -0.3 is 10.6 Å². The van der Waals surface area contributed by atoms with Crippen LogP contribution in [0.3, 0.4) is 0 Å². The maximum Gasteiger partial charge on any atom is 0.319 e. The number of nitro groups is 1. The van der Waals surface area contributed by atoms with Crippen molar-refractivity contribution in [2.75, 3.05) is 18.1 Å². The van der Waals surface area contributed by atoms with Gasteiger partial charge in [-0.05, 0) is 25.3 Å². The lowest BCUT2D eigenvalue weighted by Gasteiger charge is -2.11. The van der Waals surface area contributed by atoms with Crippen LogP contribution in [0, 0.1) is 17.0 Å². The third kappa shape index (κ3) is 4.78. The smallest absolute Gasteiger partial charge is 0.319 e. The van der Waals surface area contributed by atoms with Crippen molar-refractivity contribution in [2.45, 2.75) is 19.1 Å². The number of anilines is 1. The van der Waals surface area contributed by atoms with Crippen molar-refractivity contribution in [1.29, 1.82) is 0 Å². The Morgan fingerprint density at radius 1 is 1.53 bits per heavy atom. The van der Waals surface area contributed by atoms with Gasteiger partial charge in [0.1, 0.15) is 0 Å². The van der Waals surface area contributed by atoms with Crippen molar-refractivity contribution in [3.05, 3.63) is 33.9 Å². The molecule has 0 aromatic heterocycles. The molecule has 1 aromatic carbocycles. The number of amides is 2. The molecule has 0 aliphatic rings. The van der Waals surface area contributed by atoms with Gasteiger partial charge in [-0.15, -0.1) is 0 Å². The number of hydrogen-bond acceptors (Lipinski definition) is 4. The monoisotopic (exact) mass is 283 g/mol. The third-order valence-corrected chi connectivity index (χ3v) is 3.58. The topological polar surface area (TPSA) is 84.3 Å². The molecule has 104 valence electrons. The zero-order chi connectivity index (χ0) is 14.4. The number of benzene rings is 1. The number of hydrogen-bond donors (Lipinski definition) is 2. The van der Waals surface area contributed by atoms with Crippen molar-refractivity contribution < 1.29 is 9.72 Å². The lowest BCUT2D eigenvalue weighted by Crippen LogP contribution is -2.33. The second kappa shape index (κ2) is 6.98. The molecule has 19 heavy (non-hydrogen) atoms. The maximum atomic E-state index is 11.6. The number of nitrogens with one attached hydrogen (secondary N) is 2. The van der Waals surface area contributed by atoms with E-state index >= 15 is 0 Å². The molecule has 2 amide bonds. The van der Waals surface area contributed by atoms with Crippen LogP contribution in [0.4, 0.5) is 16.2 Å². The Balaban J connectivity index is 2.60. The predicted octanol–water partition coefficient (Wildman–Crippen LogP) is 2.78. The molecule has 0 bridgehead atoms. The minimum Gasteiger partial charge on any atom is -0.337 e. The molecule has 6 nitrogen and oxygen atoms in total. The Morgan fingerprint density at radius 3 is 2.74 bits per heavy atom. The summed E-state index contributed by atoms with van der Waals surface area (Å²) in [5.41, 5.74) is 1.10. The number of carbonyl (C=O) groups is 1. The Bertz CT molecular complexity index is 479. The summed E-state index contributed by atoms with van der Waals surface area (Å²) in [4.78, 5) is 21.8. The van der Waals surface area contributed by atoms with E-state index in [0.717, 1.165) is 0 Å². The minimum absolute atomic E-state index is 0.0435. The molecule has 0 heterocycles. The highest BCUT2D eigenvalue weighted by atomic mass is 32.2. The van der Waals surface area contributed by atoms with E-state index < -0.39 is 4.92 Å². The molecule has 0 unspecified atom stereocenters. The first kappa shape index (κ1) is 15.3. The van der Waals surface area contributed by atoms with Crippen LogP contribution in [-0.2, 0) is 0 Å². The number of rotatable bonds is 5. The van der Waals surface area contributed by atoms with Gasteiger partial charge in [-0.25, -0.2) is 4.79 Å². The summed E-state index contributed by atoms with van der Waals surface area (Å²) in [6.07, 6.45) is 1.98. The molecule has 0 aliphatic carbocycles. The Labute approximate surface area is 116 Å². The first-order valence-corrected chi connectivity index (χ1v) is 7.05. The van der Waals surface area contributed by atoms with E-state index in [1.165, 1.54) is 12.1 Å². The highest BCUT2D eigenvalue weighted by Crippen LogP contribution is 2.21. The van der Waals surface area contributed by atoms with Crippen molar-refractivity contribution in [3.8, 4) is 0 Å². The molecule has 1 aromatic rings. The second-order valence-corrected chi connectivity index (χ2v) is 5.42. The van der Waals surface area contributed by atoms with E-state index in [2.05, 4.69) is 10.6 Å². The lowest BCUT2D eigenvalue weighted by atomic mass is 10.2. The van der Waals surface area contributed by atoms with Gasteiger partial charge in [0, 0.05) is 29.1 Å². The first-order valence-electron chi connectivity index (χ1n) is 5.76. The van der Waals surface area contributed by atoms with E-state index in [4.69, 9.17) is 0 Å². The number of urea groups is 1. The van der Waals surface area contributed by atoms with E-state index in [9.17, 15) is 14.9 Å². The summed E-state index contributed by atoms with van der Waals surface area (Å²) in [6.45, 7) is 4.22. The average Bonchev–Trinajstić information content (AvgIpc) is 2.35. The fraction of sp³-hybridized carbons (Fsp3) is 0.417. The van der Waals surface area contributed by atoms with E-state index in [-0.39, 0.29) is 11.7 Å². The van der Waals surface area contributed by atoms with Gasteiger partial charge in [-0.2, -0.15) is 11.8 Å². The normalized spacial score (nSPS) is 11.7. The molecule has 0 aliphatic heterocycles. The lowest BCUT2D eigenvalue weighted by molar-refractivity contribution is -0.385. The Kier molecular flexibility index (Phi) is 5.62. The standard InChI is InChI=1S/C12H17N3O3S/c1-8-6-10(4-5-11(8)15(17)18)14-12(16)13-7-9(2)19-3/h4-6,9H,7H2,1-3H3,(H2,13,14,16)/t9-/m0/s1. The van der Waals surface area contributed by atoms with Gasteiger partial charge >= 0.3 is 6.03 Å². The largest absolute Gasteiger partial charge is 0.337 e. The van der Waals surface area contributed by atoms with E-state index in [0.29, 0.717) is 23.0 Å². The van der Waals surface area contributed by atoms with Crippen molar-refractivity contribution in [3.63, 3.8) is 0 Å². The molecule has 0 fully saturated rings. The quantitative estimate of drug-likeness (QED) is 0.643. The molecule has 0 spiro atoms. The van der Waals surface area contributed by atoms with E-state index in [1.807, 2.05) is 13.2 Å². The van der Waals surface area contributed by atoms with Gasteiger partial charge in [0.05, 0.1) is 4.92 Å². The fourth-order valence-electron chi connectivity index (χ4n) is 1.43. The number of aryl methyl sites for hydroxylation is 1. The highest BCUT2D eigenvalue weighted by molar-refractivity contribution is 7.99. The molecule has 7 heteroatoms. The SMILES string of the molecule is CS[C@@H](C)CNC(=O)Nc1ccc([N+](=O)[O-])c(C)c1. The number of thioether (sulfide) groups is 1. The molecule has 1 rings (SSSR count). The number of nitrogens with zero attached hydrogens (tertiary/aromatic N) is 1. The van der Waals surface area contributed by atoms with Gasteiger partial charge in [0.25, 0.3) is 5.69 Å². The van der Waals surface area contributed by atoms with Crippen molar-refractivity contribution >= 4 is 29.2 Å². The van der Waals surface area contributed by atoms with Gasteiger partial charge in [0.15, 0.2) is 0 Å². The molecule has 0 saturated heterocycles. The van der Waals surface area contributed by atoms with E-state index in [1.54, 1.807) is 24.8 Å². The fourth-order valence-corrected chi connectivity index (χ4v) is 1.68. The number of nitro benzene ring substituents is 1. The van der Waals surface area contributed by atoms with Crippen LogP contribution in [0.25, 0.3) is 0 Å². The molecular formula is C12H17N3O3S. The van der Waals surface area contributed by atoms with Crippen LogP contribution in [0.1, 0.15) is 12.5 Å². The maximum absolute atomic E-state index is 11.6. The summed E-state index contributed by atoms with van der Waals surface area (Å²) in [6, 6.07) is 4.17. The average molecular weight is 283 g/mol. The van der Waals surface area contributed by atoms with Gasteiger partial charge in [0.2, 0.25) is 0 Å². The molecule has 0 saturated carbocycles. The van der Waals surface area contributed by atoms with Crippen LogP contribution in [-0.4, -0.2) is 29.0 Å². The summed E-state index contributed by atoms with van der Waals surface area (Å²) in [5, 5.41) is 16.4. The summed E-state index contributed by atoms with van der Waals surface area (Å²) < 4.78 is 0. The van der Waals surface area contributed by atoms with Crippen LogP contribution >= 0.6 is 11.8 Å². The van der Waals surface area contributed by atoms with Gasteiger partial charge in [-0.3, -0.25) is 10.1 Å². The summed E-state index contributed by atoms with van der Waals surface area (Å²) >= 11 is 1.66. The van der Waals surface area contributed by atoms with Crippen LogP contribution < -0.4 is 10.6 Å². The van der Waals surface area contributed by atoms with Crippen LogP contribution in [0.5, 0.6) is 0 Å². The second-order valence-electron chi connectivity index (χ2n) is 4.14. The zero-order valence-electron chi connectivity index (χ0n) is 11.1. The van der Waals surface area contributed by atoms with Crippen molar-refractivity contribution in [1.82, 2.24) is 5.32 Å². The van der Waals surface area contributed by atoms with Crippen LogP contribution in [0.2, 0.25) is 0 Å². The zero-order valence-corrected chi connectivity index (χ0v) is 11.9. The Morgan fingerprint density at radius 2 is 2.21 bits per heavy atom. The molecule has 0 radical (unpaired) electrons. The molecule has 2 N–H and O–H groups in total. The minimum atomic E-state index is -0.445. The first-order chi connectivity index (χ1) is 8.93. The van der Waals surface area contributed by atoms with Crippen molar-refractivity contribution in [2.24, 2.45) is 0 Å². The van der Waals surface area contributed by atoms with Crippen LogP contribution in [0.15, 0.2) is 18.2 Å².